The molecule has 0 spiro atoms. The maximum atomic E-state index is 12.1. The molecule has 0 bridgehead atoms. The molecule has 6 nitrogen and oxygen atoms in total. The molecule has 2 amide bonds. The predicted octanol–water partition coefficient (Wildman–Crippen LogP) is 4.90. The second-order valence-corrected chi connectivity index (χ2v) is 6.77. The number of carbonyl (C=O) groups is 2. The molecule has 0 aliphatic rings. The number of halogens is 1. The molecule has 0 heterocycles. The van der Waals surface area contributed by atoms with Gasteiger partial charge in [0, 0.05) is 29.2 Å². The van der Waals surface area contributed by atoms with E-state index < -0.39 is 0 Å². The molecule has 0 fully saturated rings. The van der Waals surface area contributed by atoms with Crippen molar-refractivity contribution in [1.29, 1.82) is 0 Å². The number of methoxy groups -OCH3 is 1. The zero-order valence-electron chi connectivity index (χ0n) is 16.4. The first-order valence-electron chi connectivity index (χ1n) is 9.30. The number of benzene rings is 3. The molecule has 2 N–H and O–H groups in total. The average Bonchev–Trinajstić information content (AvgIpc) is 2.76. The third-order valence-corrected chi connectivity index (χ3v) is 4.43. The van der Waals surface area contributed by atoms with Gasteiger partial charge in [-0.25, -0.2) is 0 Å². The van der Waals surface area contributed by atoms with Crippen molar-refractivity contribution >= 4 is 29.1 Å². The highest BCUT2D eigenvalue weighted by Crippen LogP contribution is 2.31. The zero-order valence-corrected chi connectivity index (χ0v) is 17.1. The van der Waals surface area contributed by atoms with Gasteiger partial charge in [0.1, 0.15) is 5.75 Å². The van der Waals surface area contributed by atoms with E-state index in [4.69, 9.17) is 21.1 Å². The minimum atomic E-state index is -0.252. The fourth-order valence-electron chi connectivity index (χ4n) is 2.65. The van der Waals surface area contributed by atoms with Crippen LogP contribution in [0.15, 0.2) is 72.8 Å². The van der Waals surface area contributed by atoms with E-state index in [0.717, 1.165) is 0 Å². The van der Waals surface area contributed by atoms with Crippen LogP contribution in [-0.4, -0.2) is 25.5 Å². The van der Waals surface area contributed by atoms with E-state index in [1.807, 2.05) is 24.3 Å². The highest BCUT2D eigenvalue weighted by Gasteiger charge is 2.08. The van der Waals surface area contributed by atoms with Crippen LogP contribution in [-0.2, 0) is 4.79 Å². The maximum Gasteiger partial charge on any atom is 0.251 e. The molecular weight excluding hydrogens is 404 g/mol. The minimum Gasteiger partial charge on any atom is -0.493 e. The number of hydrogen-bond donors (Lipinski definition) is 2. The monoisotopic (exact) mass is 424 g/mol. The van der Waals surface area contributed by atoms with Crippen molar-refractivity contribution in [2.75, 3.05) is 19.0 Å². The van der Waals surface area contributed by atoms with Gasteiger partial charge in [0.15, 0.2) is 11.5 Å². The summed E-state index contributed by atoms with van der Waals surface area (Å²) >= 11 is 5.80. The molecule has 0 aliphatic heterocycles. The van der Waals surface area contributed by atoms with Crippen LogP contribution in [0.4, 0.5) is 5.69 Å². The van der Waals surface area contributed by atoms with Gasteiger partial charge in [0.2, 0.25) is 5.91 Å². The van der Waals surface area contributed by atoms with Crippen molar-refractivity contribution in [3.63, 3.8) is 0 Å². The Morgan fingerprint density at radius 3 is 2.23 bits per heavy atom. The molecule has 0 saturated heterocycles. The predicted molar refractivity (Wildman–Crippen MR) is 117 cm³/mol. The molecule has 3 rings (SSSR count). The second kappa shape index (κ2) is 10.3. The van der Waals surface area contributed by atoms with E-state index >= 15 is 0 Å². The van der Waals surface area contributed by atoms with Crippen LogP contribution in [0.5, 0.6) is 17.2 Å². The van der Waals surface area contributed by atoms with Crippen molar-refractivity contribution in [2.45, 2.75) is 6.42 Å². The standard InChI is InChI=1S/C23H21ClN2O4/c1-29-20-4-2-3-5-21(20)30-19-12-10-18(11-13-19)26-22(27)14-15-25-23(28)16-6-8-17(24)9-7-16/h2-13H,14-15H2,1H3,(H,25,28)(H,26,27). The topological polar surface area (TPSA) is 76.7 Å². The van der Waals surface area contributed by atoms with Gasteiger partial charge in [-0.05, 0) is 60.7 Å². The Balaban J connectivity index is 1.46. The summed E-state index contributed by atoms with van der Waals surface area (Å²) in [5.41, 5.74) is 1.13. The van der Waals surface area contributed by atoms with E-state index in [9.17, 15) is 9.59 Å². The molecule has 0 saturated carbocycles. The summed E-state index contributed by atoms with van der Waals surface area (Å²) in [7, 11) is 1.58. The van der Waals surface area contributed by atoms with Gasteiger partial charge in [-0.3, -0.25) is 9.59 Å². The summed E-state index contributed by atoms with van der Waals surface area (Å²) in [6.07, 6.45) is 0.152. The fourth-order valence-corrected chi connectivity index (χ4v) is 2.78. The Morgan fingerprint density at radius 2 is 1.57 bits per heavy atom. The van der Waals surface area contributed by atoms with Gasteiger partial charge in [-0.2, -0.15) is 0 Å². The molecule has 3 aromatic carbocycles. The third-order valence-electron chi connectivity index (χ3n) is 4.18. The Kier molecular flexibility index (Phi) is 7.29. The first-order chi connectivity index (χ1) is 14.5. The van der Waals surface area contributed by atoms with E-state index in [-0.39, 0.29) is 24.8 Å². The smallest absolute Gasteiger partial charge is 0.251 e. The van der Waals surface area contributed by atoms with Gasteiger partial charge >= 0.3 is 0 Å². The van der Waals surface area contributed by atoms with Crippen molar-refractivity contribution in [1.82, 2.24) is 5.32 Å². The fraction of sp³-hybridized carbons (Fsp3) is 0.130. The maximum absolute atomic E-state index is 12.1. The lowest BCUT2D eigenvalue weighted by Gasteiger charge is -2.11. The minimum absolute atomic E-state index is 0.152. The van der Waals surface area contributed by atoms with E-state index in [0.29, 0.717) is 33.5 Å². The number of carbonyl (C=O) groups excluding carboxylic acids is 2. The third kappa shape index (κ3) is 5.99. The molecule has 0 atom stereocenters. The van der Waals surface area contributed by atoms with Gasteiger partial charge < -0.3 is 20.1 Å². The molecule has 0 aliphatic carbocycles. The van der Waals surface area contributed by atoms with E-state index in [2.05, 4.69) is 10.6 Å². The summed E-state index contributed by atoms with van der Waals surface area (Å²) in [4.78, 5) is 24.1. The summed E-state index contributed by atoms with van der Waals surface area (Å²) < 4.78 is 11.1. The summed E-state index contributed by atoms with van der Waals surface area (Å²) in [5, 5.41) is 6.06. The lowest BCUT2D eigenvalue weighted by Crippen LogP contribution is -2.27. The highest BCUT2D eigenvalue weighted by atomic mass is 35.5. The van der Waals surface area contributed by atoms with Crippen LogP contribution >= 0.6 is 11.6 Å². The van der Waals surface area contributed by atoms with Crippen LogP contribution in [0.1, 0.15) is 16.8 Å². The van der Waals surface area contributed by atoms with Crippen LogP contribution in [0, 0.1) is 0 Å². The van der Waals surface area contributed by atoms with E-state index in [1.54, 1.807) is 55.6 Å². The lowest BCUT2D eigenvalue weighted by atomic mass is 10.2. The molecule has 154 valence electrons. The molecule has 3 aromatic rings. The first kappa shape index (κ1) is 21.2. The molecule has 0 unspecified atom stereocenters. The number of anilines is 1. The SMILES string of the molecule is COc1ccccc1Oc1ccc(NC(=O)CCNC(=O)c2ccc(Cl)cc2)cc1. The van der Waals surface area contributed by atoms with Crippen molar-refractivity contribution in [3.8, 4) is 17.2 Å². The zero-order chi connectivity index (χ0) is 21.3. The Hall–Kier alpha value is -3.51. The molecular formula is C23H21ClN2O4. The summed E-state index contributed by atoms with van der Waals surface area (Å²) in [6.45, 7) is 0.224. The van der Waals surface area contributed by atoms with Crippen molar-refractivity contribution in [2.24, 2.45) is 0 Å². The van der Waals surface area contributed by atoms with Crippen LogP contribution in [0.3, 0.4) is 0 Å². The molecule has 7 heteroatoms. The number of rotatable bonds is 8. The molecule has 0 aromatic heterocycles. The highest BCUT2D eigenvalue weighted by molar-refractivity contribution is 6.30. The Bertz CT molecular complexity index is 1000. The number of para-hydroxylation sites is 2. The van der Waals surface area contributed by atoms with Gasteiger partial charge in [0.05, 0.1) is 7.11 Å². The number of nitrogens with one attached hydrogen (secondary N) is 2. The summed E-state index contributed by atoms with van der Waals surface area (Å²) in [6, 6.07) is 20.9. The quantitative estimate of drug-likeness (QED) is 0.539. The number of ether oxygens (including phenoxy) is 2. The van der Waals surface area contributed by atoms with E-state index in [1.165, 1.54) is 0 Å². The average molecular weight is 425 g/mol. The molecule has 0 radical (unpaired) electrons. The second-order valence-electron chi connectivity index (χ2n) is 6.34. The first-order valence-corrected chi connectivity index (χ1v) is 9.67. The lowest BCUT2D eigenvalue weighted by molar-refractivity contribution is -0.116. The largest absolute Gasteiger partial charge is 0.493 e. The van der Waals surface area contributed by atoms with Gasteiger partial charge in [0.25, 0.3) is 5.91 Å². The number of amides is 2. The summed E-state index contributed by atoms with van der Waals surface area (Å²) in [5.74, 6) is 1.40. The van der Waals surface area contributed by atoms with Crippen molar-refractivity contribution < 1.29 is 19.1 Å². The Morgan fingerprint density at radius 1 is 0.900 bits per heavy atom. The normalized spacial score (nSPS) is 10.2. The van der Waals surface area contributed by atoms with Crippen molar-refractivity contribution in [3.05, 3.63) is 83.4 Å². The van der Waals surface area contributed by atoms with Gasteiger partial charge in [-0.1, -0.05) is 23.7 Å². The van der Waals surface area contributed by atoms with Gasteiger partial charge in [-0.15, -0.1) is 0 Å². The van der Waals surface area contributed by atoms with Crippen LogP contribution in [0.2, 0.25) is 5.02 Å². The van der Waals surface area contributed by atoms with Crippen LogP contribution < -0.4 is 20.1 Å². The molecule has 30 heavy (non-hydrogen) atoms. The van der Waals surface area contributed by atoms with Crippen LogP contribution in [0.25, 0.3) is 0 Å². The number of hydrogen-bond acceptors (Lipinski definition) is 4. The Labute approximate surface area is 179 Å².